The highest BCUT2D eigenvalue weighted by Gasteiger charge is 2.17. The Morgan fingerprint density at radius 2 is 1.79 bits per heavy atom. The maximum absolute atomic E-state index is 11.4. The first kappa shape index (κ1) is 14.7. The maximum atomic E-state index is 11.4. The van der Waals surface area contributed by atoms with Crippen LogP contribution in [0, 0.1) is 0 Å². The average Bonchev–Trinajstić information content (AvgIpc) is 2.46. The SMILES string of the molecule is COC(=O)C/C(=N/OCc1ccccc1)C(=O)OC. The van der Waals surface area contributed by atoms with Gasteiger partial charge in [0, 0.05) is 0 Å². The van der Waals surface area contributed by atoms with Gasteiger partial charge in [0.15, 0.2) is 5.71 Å². The minimum absolute atomic E-state index is 0.134. The highest BCUT2D eigenvalue weighted by molar-refractivity contribution is 6.39. The summed E-state index contributed by atoms with van der Waals surface area (Å²) in [6.07, 6.45) is -0.294. The van der Waals surface area contributed by atoms with E-state index in [-0.39, 0.29) is 18.7 Å². The molecule has 0 N–H and O–H groups in total. The quantitative estimate of drug-likeness (QED) is 0.440. The van der Waals surface area contributed by atoms with Crippen LogP contribution in [0.4, 0.5) is 0 Å². The van der Waals surface area contributed by atoms with Crippen molar-refractivity contribution < 1.29 is 23.9 Å². The van der Waals surface area contributed by atoms with Crippen molar-refractivity contribution >= 4 is 17.7 Å². The van der Waals surface area contributed by atoms with Gasteiger partial charge < -0.3 is 14.3 Å². The van der Waals surface area contributed by atoms with Crippen LogP contribution in [0.1, 0.15) is 12.0 Å². The summed E-state index contributed by atoms with van der Waals surface area (Å²) in [5, 5.41) is 3.62. The van der Waals surface area contributed by atoms with Gasteiger partial charge in [0.1, 0.15) is 6.61 Å². The summed E-state index contributed by atoms with van der Waals surface area (Å²) in [5.74, 6) is -1.31. The van der Waals surface area contributed by atoms with Crippen LogP contribution < -0.4 is 0 Å². The molecule has 19 heavy (non-hydrogen) atoms. The molecule has 102 valence electrons. The van der Waals surface area contributed by atoms with Crippen LogP contribution in [0.15, 0.2) is 35.5 Å². The van der Waals surface area contributed by atoms with Crippen molar-refractivity contribution in [2.45, 2.75) is 13.0 Å². The molecule has 0 fully saturated rings. The Morgan fingerprint density at radius 3 is 2.37 bits per heavy atom. The van der Waals surface area contributed by atoms with E-state index in [9.17, 15) is 9.59 Å². The van der Waals surface area contributed by atoms with Crippen LogP contribution in [-0.2, 0) is 30.5 Å². The number of nitrogens with zero attached hydrogens (tertiary/aromatic N) is 1. The molecule has 1 rings (SSSR count). The normalized spacial score (nSPS) is 10.7. The fourth-order valence-corrected chi connectivity index (χ4v) is 1.23. The molecule has 0 radical (unpaired) electrons. The summed E-state index contributed by atoms with van der Waals surface area (Å²) in [6, 6.07) is 9.31. The van der Waals surface area contributed by atoms with Gasteiger partial charge in [0.05, 0.1) is 20.6 Å². The molecule has 0 aromatic heterocycles. The van der Waals surface area contributed by atoms with Crippen LogP contribution in [0.2, 0.25) is 0 Å². The number of hydrogen-bond donors (Lipinski definition) is 0. The number of esters is 2. The summed E-state index contributed by atoms with van der Waals surface area (Å²) in [6.45, 7) is 0.197. The lowest BCUT2D eigenvalue weighted by atomic mass is 10.2. The average molecular weight is 265 g/mol. The summed E-state index contributed by atoms with van der Waals surface area (Å²) in [5.41, 5.74) is 0.763. The smallest absolute Gasteiger partial charge is 0.356 e. The topological polar surface area (TPSA) is 74.2 Å². The largest absolute Gasteiger partial charge is 0.469 e. The van der Waals surface area contributed by atoms with Crippen molar-refractivity contribution in [1.82, 2.24) is 0 Å². The summed E-state index contributed by atoms with van der Waals surface area (Å²) in [7, 11) is 2.42. The molecular formula is C13H15NO5. The zero-order valence-corrected chi connectivity index (χ0v) is 10.8. The highest BCUT2D eigenvalue weighted by Crippen LogP contribution is 2.02. The van der Waals surface area contributed by atoms with Gasteiger partial charge in [-0.25, -0.2) is 4.79 Å². The Labute approximate surface area is 110 Å². The van der Waals surface area contributed by atoms with E-state index in [1.54, 1.807) is 0 Å². The predicted octanol–water partition coefficient (Wildman–Crippen LogP) is 1.30. The fourth-order valence-electron chi connectivity index (χ4n) is 1.23. The van der Waals surface area contributed by atoms with Crippen LogP contribution in [0.5, 0.6) is 0 Å². The second kappa shape index (κ2) is 7.86. The van der Waals surface area contributed by atoms with Gasteiger partial charge in [0.2, 0.25) is 0 Å². The third-order valence-corrected chi connectivity index (χ3v) is 2.21. The molecule has 0 aliphatic rings. The van der Waals surface area contributed by atoms with Gasteiger partial charge in [0.25, 0.3) is 0 Å². The Balaban J connectivity index is 2.61. The van der Waals surface area contributed by atoms with E-state index in [1.165, 1.54) is 14.2 Å². The minimum atomic E-state index is -0.724. The van der Waals surface area contributed by atoms with Crippen molar-refractivity contribution in [3.63, 3.8) is 0 Å². The molecule has 6 heteroatoms. The number of hydrogen-bond acceptors (Lipinski definition) is 6. The number of methoxy groups -OCH3 is 2. The summed E-state index contributed by atoms with van der Waals surface area (Å²) in [4.78, 5) is 27.5. The Bertz CT molecular complexity index is 455. The Morgan fingerprint density at radius 1 is 1.11 bits per heavy atom. The molecule has 0 heterocycles. The minimum Gasteiger partial charge on any atom is -0.469 e. The Hall–Kier alpha value is -2.37. The van der Waals surface area contributed by atoms with Crippen LogP contribution >= 0.6 is 0 Å². The van der Waals surface area contributed by atoms with E-state index >= 15 is 0 Å². The third kappa shape index (κ3) is 5.20. The van der Waals surface area contributed by atoms with Crippen molar-refractivity contribution in [3.05, 3.63) is 35.9 Å². The molecule has 0 atom stereocenters. The zero-order valence-electron chi connectivity index (χ0n) is 10.8. The first-order valence-corrected chi connectivity index (χ1v) is 5.55. The molecule has 0 aliphatic carbocycles. The third-order valence-electron chi connectivity index (χ3n) is 2.21. The lowest BCUT2D eigenvalue weighted by Crippen LogP contribution is -2.20. The molecule has 0 bridgehead atoms. The fraction of sp³-hybridized carbons (Fsp3) is 0.308. The van der Waals surface area contributed by atoms with Crippen molar-refractivity contribution in [2.24, 2.45) is 5.16 Å². The molecule has 0 aliphatic heterocycles. The Kier molecular flexibility index (Phi) is 6.08. The zero-order chi connectivity index (χ0) is 14.1. The summed E-state index contributed by atoms with van der Waals surface area (Å²) >= 11 is 0. The highest BCUT2D eigenvalue weighted by atomic mass is 16.6. The van der Waals surface area contributed by atoms with Crippen molar-refractivity contribution in [3.8, 4) is 0 Å². The number of rotatable bonds is 6. The molecule has 0 amide bonds. The molecular weight excluding hydrogens is 250 g/mol. The molecule has 6 nitrogen and oxygen atoms in total. The molecule has 1 aromatic carbocycles. The van der Waals surface area contributed by atoms with E-state index < -0.39 is 11.9 Å². The maximum Gasteiger partial charge on any atom is 0.356 e. The first-order chi connectivity index (χ1) is 9.17. The van der Waals surface area contributed by atoms with E-state index in [4.69, 9.17) is 4.84 Å². The van der Waals surface area contributed by atoms with E-state index in [1.807, 2.05) is 30.3 Å². The first-order valence-electron chi connectivity index (χ1n) is 5.55. The number of ether oxygens (including phenoxy) is 2. The second-order valence-electron chi connectivity index (χ2n) is 3.54. The lowest BCUT2D eigenvalue weighted by molar-refractivity contribution is -0.140. The predicted molar refractivity (Wildman–Crippen MR) is 67.3 cm³/mol. The van der Waals surface area contributed by atoms with Crippen LogP contribution in [-0.4, -0.2) is 31.9 Å². The monoisotopic (exact) mass is 265 g/mol. The standard InChI is InChI=1S/C13H15NO5/c1-17-12(15)8-11(13(16)18-2)14-19-9-10-6-4-3-5-7-10/h3-7H,8-9H2,1-2H3/b14-11-. The van der Waals surface area contributed by atoms with E-state index in [0.717, 1.165) is 5.56 Å². The van der Waals surface area contributed by atoms with E-state index in [2.05, 4.69) is 14.6 Å². The molecule has 0 unspecified atom stereocenters. The van der Waals surface area contributed by atoms with Gasteiger partial charge in [-0.05, 0) is 5.56 Å². The van der Waals surface area contributed by atoms with Crippen molar-refractivity contribution in [2.75, 3.05) is 14.2 Å². The second-order valence-corrected chi connectivity index (χ2v) is 3.54. The number of oxime groups is 1. The van der Waals surface area contributed by atoms with Gasteiger partial charge in [-0.2, -0.15) is 0 Å². The number of carbonyl (C=O) groups is 2. The van der Waals surface area contributed by atoms with Gasteiger partial charge in [-0.15, -0.1) is 0 Å². The van der Waals surface area contributed by atoms with Gasteiger partial charge in [-0.3, -0.25) is 4.79 Å². The summed E-state index contributed by atoms with van der Waals surface area (Å²) < 4.78 is 8.96. The number of benzene rings is 1. The molecule has 0 saturated heterocycles. The van der Waals surface area contributed by atoms with Crippen molar-refractivity contribution in [1.29, 1.82) is 0 Å². The molecule has 1 aromatic rings. The molecule has 0 spiro atoms. The van der Waals surface area contributed by atoms with Crippen LogP contribution in [0.3, 0.4) is 0 Å². The lowest BCUT2D eigenvalue weighted by Gasteiger charge is -2.04. The number of carbonyl (C=O) groups excluding carboxylic acids is 2. The molecule has 0 saturated carbocycles. The van der Waals surface area contributed by atoms with E-state index in [0.29, 0.717) is 0 Å². The van der Waals surface area contributed by atoms with Crippen LogP contribution in [0.25, 0.3) is 0 Å². The van der Waals surface area contributed by atoms with Gasteiger partial charge >= 0.3 is 11.9 Å². The van der Waals surface area contributed by atoms with Gasteiger partial charge in [-0.1, -0.05) is 35.5 Å².